The molecular weight excluding hydrogens is 368 g/mol. The van der Waals surface area contributed by atoms with Gasteiger partial charge in [0.15, 0.2) is 5.75 Å². The van der Waals surface area contributed by atoms with E-state index < -0.39 is 0 Å². The van der Waals surface area contributed by atoms with Crippen LogP contribution in [0.2, 0.25) is 0 Å². The fourth-order valence-electron chi connectivity index (χ4n) is 2.49. The Morgan fingerprint density at radius 3 is 2.30 bits per heavy atom. The maximum Gasteiger partial charge on any atom is 0.152 e. The first-order valence-electron chi connectivity index (χ1n) is 7.85. The fourth-order valence-corrected chi connectivity index (χ4v) is 2.99. The number of phenolic OH excluding ortho intramolecular Hbond substituents is 1. The first kappa shape index (κ1) is 18.9. The molecule has 9 heteroatoms. The van der Waals surface area contributed by atoms with Gasteiger partial charge in [0.05, 0.1) is 28.3 Å². The average Bonchev–Trinajstić information content (AvgIpc) is 2.67. The number of hydrogen-bond donors (Lipinski definition) is 2. The topological polar surface area (TPSA) is 108 Å². The third kappa shape index (κ3) is 4.47. The Kier molecular flexibility index (Phi) is 6.09. The van der Waals surface area contributed by atoms with Crippen molar-refractivity contribution in [2.75, 3.05) is 7.05 Å². The molecule has 0 atom stereocenters. The van der Waals surface area contributed by atoms with Gasteiger partial charge < -0.3 is 5.11 Å². The lowest BCUT2D eigenvalue weighted by atomic mass is 10.1. The molecule has 0 fully saturated rings. The summed E-state index contributed by atoms with van der Waals surface area (Å²) in [6.07, 6.45) is 0. The standard InChI is InChI=1S/C18H16N4O4S/c1-11-3-8-15-12(9-11)10-16(27-26-25-24)17(18(15)23)22-21-14-6-4-13(5-7-14)20-19-2/h3-10,23-24H,1-2H3. The SMILES string of the molecule is CN=Nc1ccc(N=Nc2c(SOOO)cc3cc(C)ccc3c2O)cc1. The van der Waals surface area contributed by atoms with Crippen LogP contribution in [0.5, 0.6) is 5.75 Å². The molecule has 0 radical (unpaired) electrons. The zero-order valence-electron chi connectivity index (χ0n) is 14.5. The molecule has 0 saturated carbocycles. The number of azo groups is 2. The molecule has 0 aliphatic carbocycles. The van der Waals surface area contributed by atoms with Crippen LogP contribution >= 0.6 is 12.0 Å². The van der Waals surface area contributed by atoms with Crippen molar-refractivity contribution in [1.82, 2.24) is 0 Å². The number of hydrogen-bond acceptors (Lipinski definition) is 9. The van der Waals surface area contributed by atoms with Crippen LogP contribution in [0.15, 0.2) is 73.9 Å². The quantitative estimate of drug-likeness (QED) is 0.221. The predicted molar refractivity (Wildman–Crippen MR) is 102 cm³/mol. The third-order valence-electron chi connectivity index (χ3n) is 3.69. The Morgan fingerprint density at radius 2 is 1.63 bits per heavy atom. The monoisotopic (exact) mass is 384 g/mol. The molecule has 27 heavy (non-hydrogen) atoms. The van der Waals surface area contributed by atoms with Gasteiger partial charge in [-0.1, -0.05) is 28.8 Å². The molecule has 0 bridgehead atoms. The Labute approximate surface area is 159 Å². The molecule has 0 unspecified atom stereocenters. The maximum absolute atomic E-state index is 10.7. The summed E-state index contributed by atoms with van der Waals surface area (Å²) in [4.78, 5) is 0.430. The molecule has 138 valence electrons. The summed E-state index contributed by atoms with van der Waals surface area (Å²) in [5.74, 6) is -0.0447. The van der Waals surface area contributed by atoms with E-state index in [-0.39, 0.29) is 11.4 Å². The van der Waals surface area contributed by atoms with Crippen LogP contribution in [0.4, 0.5) is 17.1 Å². The van der Waals surface area contributed by atoms with Gasteiger partial charge in [-0.05, 0) is 42.6 Å². The lowest BCUT2D eigenvalue weighted by Crippen LogP contribution is -1.84. The molecule has 0 heterocycles. The Hall–Kier alpha value is -2.85. The minimum absolute atomic E-state index is 0.0447. The highest BCUT2D eigenvalue weighted by Crippen LogP contribution is 2.44. The summed E-state index contributed by atoms with van der Waals surface area (Å²) in [6.45, 7) is 1.95. The van der Waals surface area contributed by atoms with Gasteiger partial charge in [0.25, 0.3) is 0 Å². The van der Waals surface area contributed by atoms with Crippen molar-refractivity contribution in [1.29, 1.82) is 0 Å². The number of aromatic hydroxyl groups is 1. The number of rotatable bonds is 6. The molecule has 0 aliphatic rings. The largest absolute Gasteiger partial charge is 0.505 e. The van der Waals surface area contributed by atoms with Crippen LogP contribution in [0.25, 0.3) is 10.8 Å². The van der Waals surface area contributed by atoms with E-state index in [2.05, 4.69) is 29.8 Å². The van der Waals surface area contributed by atoms with Crippen molar-refractivity contribution >= 4 is 39.9 Å². The summed E-state index contributed by atoms with van der Waals surface area (Å²) in [5, 5.41) is 40.1. The predicted octanol–water partition coefficient (Wildman–Crippen LogP) is 6.41. The average molecular weight is 384 g/mol. The Balaban J connectivity index is 2.02. The van der Waals surface area contributed by atoms with E-state index >= 15 is 0 Å². The number of benzene rings is 3. The zero-order chi connectivity index (χ0) is 19.2. The Bertz CT molecular complexity index is 1010. The van der Waals surface area contributed by atoms with Crippen LogP contribution in [-0.2, 0) is 9.37 Å². The van der Waals surface area contributed by atoms with Gasteiger partial charge in [0.2, 0.25) is 0 Å². The van der Waals surface area contributed by atoms with Gasteiger partial charge in [0.1, 0.15) is 5.69 Å². The van der Waals surface area contributed by atoms with E-state index in [4.69, 9.17) is 5.26 Å². The van der Waals surface area contributed by atoms with Gasteiger partial charge in [-0.15, -0.1) is 9.45 Å². The number of fused-ring (bicyclic) bond motifs is 1. The van der Waals surface area contributed by atoms with Crippen molar-refractivity contribution in [2.45, 2.75) is 11.8 Å². The lowest BCUT2D eigenvalue weighted by molar-refractivity contribution is -0.432. The highest BCUT2D eigenvalue weighted by Gasteiger charge is 2.15. The van der Waals surface area contributed by atoms with Crippen molar-refractivity contribution in [2.24, 2.45) is 20.5 Å². The zero-order valence-corrected chi connectivity index (χ0v) is 15.3. The molecule has 0 saturated heterocycles. The van der Waals surface area contributed by atoms with Crippen LogP contribution in [0, 0.1) is 6.92 Å². The van der Waals surface area contributed by atoms with Crippen molar-refractivity contribution < 1.29 is 19.7 Å². The van der Waals surface area contributed by atoms with Crippen LogP contribution in [0.1, 0.15) is 5.56 Å². The van der Waals surface area contributed by atoms with Crippen molar-refractivity contribution in [3.63, 3.8) is 0 Å². The molecule has 3 rings (SSSR count). The minimum atomic E-state index is -0.0447. The van der Waals surface area contributed by atoms with Crippen molar-refractivity contribution in [3.8, 4) is 5.75 Å². The minimum Gasteiger partial charge on any atom is -0.505 e. The van der Waals surface area contributed by atoms with Gasteiger partial charge in [-0.3, -0.25) is 0 Å². The molecule has 0 aliphatic heterocycles. The highest BCUT2D eigenvalue weighted by molar-refractivity contribution is 7.94. The molecule has 3 aromatic carbocycles. The van der Waals surface area contributed by atoms with E-state index in [1.807, 2.05) is 19.1 Å². The normalized spacial score (nSPS) is 11.8. The Morgan fingerprint density at radius 1 is 0.926 bits per heavy atom. The van der Waals surface area contributed by atoms with Crippen LogP contribution < -0.4 is 0 Å². The summed E-state index contributed by atoms with van der Waals surface area (Å²) in [6, 6.07) is 14.4. The molecule has 2 N–H and O–H groups in total. The third-order valence-corrected chi connectivity index (χ3v) is 4.31. The van der Waals surface area contributed by atoms with Gasteiger partial charge in [-0.25, -0.2) is 5.26 Å². The molecule has 0 amide bonds. The van der Waals surface area contributed by atoms with Gasteiger partial charge in [-0.2, -0.15) is 15.3 Å². The van der Waals surface area contributed by atoms with Crippen LogP contribution in [0.3, 0.4) is 0 Å². The van der Waals surface area contributed by atoms with E-state index in [1.165, 1.54) is 0 Å². The molecule has 8 nitrogen and oxygen atoms in total. The van der Waals surface area contributed by atoms with E-state index in [0.717, 1.165) is 10.9 Å². The number of nitrogens with zero attached hydrogens (tertiary/aromatic N) is 4. The van der Waals surface area contributed by atoms with E-state index in [0.29, 0.717) is 33.7 Å². The van der Waals surface area contributed by atoms with Crippen LogP contribution in [-0.4, -0.2) is 17.4 Å². The number of phenols is 1. The summed E-state index contributed by atoms with van der Waals surface area (Å²) in [7, 11) is 1.59. The summed E-state index contributed by atoms with van der Waals surface area (Å²) in [5.41, 5.74) is 2.51. The summed E-state index contributed by atoms with van der Waals surface area (Å²) >= 11 is 0.713. The second-order valence-electron chi connectivity index (χ2n) is 5.54. The molecule has 0 aromatic heterocycles. The first-order valence-corrected chi connectivity index (χ1v) is 8.59. The lowest BCUT2D eigenvalue weighted by Gasteiger charge is -2.09. The summed E-state index contributed by atoms with van der Waals surface area (Å²) < 4.78 is 4.53. The molecule has 0 spiro atoms. The van der Waals surface area contributed by atoms with Gasteiger partial charge in [0, 0.05) is 12.4 Å². The fraction of sp³-hybridized carbons (Fsp3) is 0.111. The molecular formula is C18H16N4O4S. The second kappa shape index (κ2) is 8.69. The van der Waals surface area contributed by atoms with Crippen molar-refractivity contribution in [3.05, 3.63) is 54.1 Å². The van der Waals surface area contributed by atoms with E-state index in [1.54, 1.807) is 43.4 Å². The second-order valence-corrected chi connectivity index (χ2v) is 6.28. The smallest absolute Gasteiger partial charge is 0.152 e. The van der Waals surface area contributed by atoms with E-state index in [9.17, 15) is 5.11 Å². The number of aryl methyl sites for hydroxylation is 1. The maximum atomic E-state index is 10.7. The first-order chi connectivity index (χ1) is 13.1. The highest BCUT2D eigenvalue weighted by atomic mass is 32.2. The van der Waals surface area contributed by atoms with Gasteiger partial charge >= 0.3 is 0 Å². The molecule has 3 aromatic rings.